The van der Waals surface area contributed by atoms with Gasteiger partial charge in [0, 0.05) is 12.1 Å². The third-order valence-electron chi connectivity index (χ3n) is 2.90. The number of hydrogen-bond acceptors (Lipinski definition) is 5. The molecular weight excluding hydrogens is 222 g/mol. The number of phenolic OH excluding ortho intramolecular Hbond substituents is 1. The molecule has 2 atom stereocenters. The first-order valence-electron chi connectivity index (χ1n) is 5.48. The van der Waals surface area contributed by atoms with E-state index >= 15 is 0 Å². The average molecular weight is 239 g/mol. The highest BCUT2D eigenvalue weighted by atomic mass is 16.7. The summed E-state index contributed by atoms with van der Waals surface area (Å²) in [6.45, 7) is 2.72. The van der Waals surface area contributed by atoms with Gasteiger partial charge in [-0.1, -0.05) is 0 Å². The first-order chi connectivity index (χ1) is 8.09. The van der Waals surface area contributed by atoms with Crippen LogP contribution >= 0.6 is 0 Å². The van der Waals surface area contributed by atoms with Crippen molar-refractivity contribution >= 4 is 0 Å². The Hall–Kier alpha value is -1.30. The maximum Gasteiger partial charge on any atom is 0.192 e. The second-order valence-corrected chi connectivity index (χ2v) is 4.12. The number of benzene rings is 1. The summed E-state index contributed by atoms with van der Waals surface area (Å²) in [5, 5.41) is 9.53. The fourth-order valence-electron chi connectivity index (χ4n) is 1.87. The van der Waals surface area contributed by atoms with E-state index in [1.54, 1.807) is 18.2 Å². The number of hydrogen-bond donors (Lipinski definition) is 2. The molecular formula is C12H17NO4. The van der Waals surface area contributed by atoms with Crippen molar-refractivity contribution in [2.24, 2.45) is 5.73 Å². The number of ether oxygens (including phenoxy) is 3. The van der Waals surface area contributed by atoms with E-state index < -0.39 is 5.79 Å². The van der Waals surface area contributed by atoms with Crippen molar-refractivity contribution < 1.29 is 19.3 Å². The van der Waals surface area contributed by atoms with E-state index in [4.69, 9.17) is 19.9 Å². The molecule has 1 aliphatic heterocycles. The Kier molecular flexibility index (Phi) is 3.24. The molecule has 5 nitrogen and oxygen atoms in total. The number of phenols is 1. The third kappa shape index (κ3) is 2.22. The Morgan fingerprint density at radius 1 is 1.59 bits per heavy atom. The van der Waals surface area contributed by atoms with Crippen molar-refractivity contribution in [1.29, 1.82) is 0 Å². The minimum absolute atomic E-state index is 0.0909. The molecule has 0 aliphatic carbocycles. The summed E-state index contributed by atoms with van der Waals surface area (Å²) in [5.41, 5.74) is 6.34. The maximum absolute atomic E-state index is 9.53. The summed E-state index contributed by atoms with van der Waals surface area (Å²) in [6.07, 6.45) is -0.0974. The number of rotatable bonds is 3. The van der Waals surface area contributed by atoms with E-state index in [0.29, 0.717) is 18.9 Å². The molecule has 3 N–H and O–H groups in total. The highest BCUT2D eigenvalue weighted by molar-refractivity contribution is 5.43. The number of methoxy groups -OCH3 is 1. The van der Waals surface area contributed by atoms with Gasteiger partial charge in [-0.15, -0.1) is 0 Å². The van der Waals surface area contributed by atoms with Gasteiger partial charge in [0.25, 0.3) is 0 Å². The van der Waals surface area contributed by atoms with Gasteiger partial charge < -0.3 is 25.1 Å². The van der Waals surface area contributed by atoms with Crippen LogP contribution < -0.4 is 10.5 Å². The van der Waals surface area contributed by atoms with Crippen molar-refractivity contribution in [2.45, 2.75) is 18.8 Å². The third-order valence-corrected chi connectivity index (χ3v) is 2.90. The summed E-state index contributed by atoms with van der Waals surface area (Å²) in [5.74, 6) is -0.342. The molecule has 0 radical (unpaired) electrons. The van der Waals surface area contributed by atoms with Gasteiger partial charge in [-0.05, 0) is 25.1 Å². The predicted molar refractivity (Wildman–Crippen MR) is 61.9 cm³/mol. The summed E-state index contributed by atoms with van der Waals surface area (Å²) in [6, 6.07) is 5.01. The van der Waals surface area contributed by atoms with E-state index in [2.05, 4.69) is 0 Å². The van der Waals surface area contributed by atoms with Crippen molar-refractivity contribution in [3.8, 4) is 11.5 Å². The van der Waals surface area contributed by atoms with Crippen LogP contribution in [0.2, 0.25) is 0 Å². The molecule has 1 aliphatic rings. The molecule has 1 heterocycles. The molecule has 94 valence electrons. The quantitative estimate of drug-likeness (QED) is 0.821. The fourth-order valence-corrected chi connectivity index (χ4v) is 1.87. The van der Waals surface area contributed by atoms with E-state index in [9.17, 15) is 5.11 Å². The highest BCUT2D eigenvalue weighted by Gasteiger charge is 2.38. The zero-order chi connectivity index (χ0) is 12.5. The fraction of sp³-hybridized carbons (Fsp3) is 0.500. The van der Waals surface area contributed by atoms with Gasteiger partial charge in [0.1, 0.15) is 0 Å². The predicted octanol–water partition coefficient (Wildman–Crippen LogP) is 0.948. The monoisotopic (exact) mass is 239 g/mol. The molecule has 2 rings (SSSR count). The van der Waals surface area contributed by atoms with Gasteiger partial charge in [-0.25, -0.2) is 0 Å². The van der Waals surface area contributed by atoms with Crippen molar-refractivity contribution in [2.75, 3.05) is 20.3 Å². The molecule has 1 saturated heterocycles. The van der Waals surface area contributed by atoms with Gasteiger partial charge in [0.15, 0.2) is 17.3 Å². The highest BCUT2D eigenvalue weighted by Crippen LogP contribution is 2.37. The molecule has 1 aromatic carbocycles. The van der Waals surface area contributed by atoms with Gasteiger partial charge in [0.05, 0.1) is 19.8 Å². The van der Waals surface area contributed by atoms with Crippen LogP contribution in [-0.2, 0) is 15.3 Å². The van der Waals surface area contributed by atoms with Crippen LogP contribution in [0.4, 0.5) is 0 Å². The molecule has 2 unspecified atom stereocenters. The molecule has 0 saturated carbocycles. The molecule has 0 amide bonds. The van der Waals surface area contributed by atoms with Crippen LogP contribution in [-0.4, -0.2) is 31.5 Å². The average Bonchev–Trinajstić information content (AvgIpc) is 2.73. The Labute approximate surface area is 100 Å². The molecule has 5 heteroatoms. The molecule has 0 bridgehead atoms. The first kappa shape index (κ1) is 12.2. The lowest BCUT2D eigenvalue weighted by atomic mass is 10.1. The first-order valence-corrected chi connectivity index (χ1v) is 5.48. The zero-order valence-electron chi connectivity index (χ0n) is 9.97. The van der Waals surface area contributed by atoms with Crippen LogP contribution in [0.1, 0.15) is 12.5 Å². The molecule has 1 fully saturated rings. The summed E-state index contributed by atoms with van der Waals surface area (Å²) in [4.78, 5) is 0. The lowest BCUT2D eigenvalue weighted by molar-refractivity contribution is -0.160. The summed E-state index contributed by atoms with van der Waals surface area (Å²) in [7, 11) is 1.50. The largest absolute Gasteiger partial charge is 0.504 e. The van der Waals surface area contributed by atoms with Crippen molar-refractivity contribution in [3.05, 3.63) is 23.8 Å². The minimum atomic E-state index is -0.828. The number of aromatic hydroxyl groups is 1. The Balaban J connectivity index is 2.28. The lowest BCUT2D eigenvalue weighted by Gasteiger charge is -2.24. The Morgan fingerprint density at radius 2 is 2.35 bits per heavy atom. The van der Waals surface area contributed by atoms with Crippen LogP contribution in [0, 0.1) is 0 Å². The van der Waals surface area contributed by atoms with Crippen molar-refractivity contribution in [3.63, 3.8) is 0 Å². The maximum atomic E-state index is 9.53. The van der Waals surface area contributed by atoms with Gasteiger partial charge in [-0.3, -0.25) is 0 Å². The topological polar surface area (TPSA) is 73.9 Å². The van der Waals surface area contributed by atoms with Crippen molar-refractivity contribution in [1.82, 2.24) is 0 Å². The van der Waals surface area contributed by atoms with Crippen LogP contribution in [0.15, 0.2) is 18.2 Å². The van der Waals surface area contributed by atoms with Gasteiger partial charge in [0.2, 0.25) is 0 Å². The van der Waals surface area contributed by atoms with Crippen LogP contribution in [0.5, 0.6) is 11.5 Å². The minimum Gasteiger partial charge on any atom is -0.504 e. The molecule has 1 aromatic rings. The van der Waals surface area contributed by atoms with E-state index in [1.807, 2.05) is 6.92 Å². The molecule has 0 spiro atoms. The second-order valence-electron chi connectivity index (χ2n) is 4.12. The Bertz CT molecular complexity index is 409. The summed E-state index contributed by atoms with van der Waals surface area (Å²) < 4.78 is 16.4. The SMILES string of the molecule is COc1cc(C2(C)OCC(CN)O2)ccc1O. The Morgan fingerprint density at radius 3 is 2.94 bits per heavy atom. The van der Waals surface area contributed by atoms with E-state index in [0.717, 1.165) is 5.56 Å². The van der Waals surface area contributed by atoms with Crippen LogP contribution in [0.3, 0.4) is 0 Å². The molecule has 17 heavy (non-hydrogen) atoms. The second kappa shape index (κ2) is 4.52. The van der Waals surface area contributed by atoms with Crippen LogP contribution in [0.25, 0.3) is 0 Å². The zero-order valence-corrected chi connectivity index (χ0v) is 9.97. The number of nitrogens with two attached hydrogens (primary N) is 1. The van der Waals surface area contributed by atoms with Gasteiger partial charge >= 0.3 is 0 Å². The standard InChI is InChI=1S/C12H17NO4/c1-12(16-7-9(6-13)17-12)8-3-4-10(14)11(5-8)15-2/h3-5,9,14H,6-7,13H2,1-2H3. The summed E-state index contributed by atoms with van der Waals surface area (Å²) >= 11 is 0. The normalized spacial score (nSPS) is 28.3. The lowest BCUT2D eigenvalue weighted by Crippen LogP contribution is -2.27. The van der Waals surface area contributed by atoms with Gasteiger partial charge in [-0.2, -0.15) is 0 Å². The van der Waals surface area contributed by atoms with E-state index in [1.165, 1.54) is 7.11 Å². The van der Waals surface area contributed by atoms with E-state index in [-0.39, 0.29) is 11.9 Å². The smallest absolute Gasteiger partial charge is 0.192 e. The molecule has 0 aromatic heterocycles.